The second-order valence-corrected chi connectivity index (χ2v) is 4.71. The summed E-state index contributed by atoms with van der Waals surface area (Å²) in [7, 11) is 1.84. The Morgan fingerprint density at radius 2 is 2.00 bits per heavy atom. The van der Waals surface area contributed by atoms with Crippen molar-refractivity contribution in [3.05, 3.63) is 35.4 Å². The molecule has 0 spiro atoms. The summed E-state index contributed by atoms with van der Waals surface area (Å²) in [5.74, 6) is 6.07. The van der Waals surface area contributed by atoms with Gasteiger partial charge in [0, 0.05) is 25.1 Å². The number of hydrogen-bond acceptors (Lipinski definition) is 2. The molecular weight excluding hydrogens is 236 g/mol. The summed E-state index contributed by atoms with van der Waals surface area (Å²) in [4.78, 5) is 13.7. The molecule has 2 N–H and O–H groups in total. The summed E-state index contributed by atoms with van der Waals surface area (Å²) < 4.78 is 0. The van der Waals surface area contributed by atoms with Crippen LogP contribution in [0.1, 0.15) is 31.4 Å². The molecule has 1 amide bonds. The Morgan fingerprint density at radius 1 is 1.37 bits per heavy atom. The maximum Gasteiger partial charge on any atom is 0.225 e. The lowest BCUT2D eigenvalue weighted by Crippen LogP contribution is -2.30. The van der Waals surface area contributed by atoms with Gasteiger partial charge < -0.3 is 10.6 Å². The standard InChI is InChI=1S/C16H22N2O/c1-4-13(2)16(19)18(3)12-15-9-7-14(8-10-15)6-5-11-17/h7-10,13H,4,11-12,17H2,1-3H3. The van der Waals surface area contributed by atoms with Crippen molar-refractivity contribution in [1.29, 1.82) is 0 Å². The SMILES string of the molecule is CCC(C)C(=O)N(C)Cc1ccc(C#CCN)cc1. The molecule has 0 bridgehead atoms. The molecule has 1 unspecified atom stereocenters. The van der Waals surface area contributed by atoms with Crippen LogP contribution in [0.4, 0.5) is 0 Å². The Balaban J connectivity index is 2.65. The highest BCUT2D eigenvalue weighted by molar-refractivity contribution is 5.78. The van der Waals surface area contributed by atoms with E-state index in [4.69, 9.17) is 5.73 Å². The van der Waals surface area contributed by atoms with Crippen molar-refractivity contribution in [3.63, 3.8) is 0 Å². The smallest absolute Gasteiger partial charge is 0.225 e. The Kier molecular flexibility index (Phi) is 6.11. The third kappa shape index (κ3) is 4.76. The van der Waals surface area contributed by atoms with Gasteiger partial charge in [-0.25, -0.2) is 0 Å². The normalized spacial score (nSPS) is 11.4. The average molecular weight is 258 g/mol. The molecule has 0 aliphatic heterocycles. The van der Waals surface area contributed by atoms with E-state index in [0.717, 1.165) is 17.5 Å². The minimum atomic E-state index is 0.0831. The number of carbonyl (C=O) groups excluding carboxylic acids is 1. The van der Waals surface area contributed by atoms with Crippen molar-refractivity contribution in [2.24, 2.45) is 11.7 Å². The molecular formula is C16H22N2O. The first-order valence-corrected chi connectivity index (χ1v) is 6.61. The molecule has 3 nitrogen and oxygen atoms in total. The van der Waals surface area contributed by atoms with Gasteiger partial charge in [-0.2, -0.15) is 0 Å². The molecule has 0 heterocycles. The predicted octanol–water partition coefficient (Wildman–Crippen LogP) is 2.00. The van der Waals surface area contributed by atoms with Crippen LogP contribution in [-0.2, 0) is 11.3 Å². The zero-order chi connectivity index (χ0) is 14.3. The van der Waals surface area contributed by atoms with Crippen molar-refractivity contribution < 1.29 is 4.79 Å². The van der Waals surface area contributed by atoms with Crippen LogP contribution in [0.15, 0.2) is 24.3 Å². The quantitative estimate of drug-likeness (QED) is 0.840. The summed E-state index contributed by atoms with van der Waals surface area (Å²) in [5, 5.41) is 0. The molecule has 1 atom stereocenters. The van der Waals surface area contributed by atoms with Crippen molar-refractivity contribution in [3.8, 4) is 11.8 Å². The first kappa shape index (κ1) is 15.3. The summed E-state index contributed by atoms with van der Waals surface area (Å²) in [6, 6.07) is 7.92. The molecule has 19 heavy (non-hydrogen) atoms. The second-order valence-electron chi connectivity index (χ2n) is 4.71. The van der Waals surface area contributed by atoms with E-state index < -0.39 is 0 Å². The van der Waals surface area contributed by atoms with E-state index in [9.17, 15) is 4.79 Å². The number of carbonyl (C=O) groups is 1. The fourth-order valence-electron chi connectivity index (χ4n) is 1.75. The van der Waals surface area contributed by atoms with Crippen molar-refractivity contribution in [2.75, 3.05) is 13.6 Å². The van der Waals surface area contributed by atoms with Crippen LogP contribution >= 0.6 is 0 Å². The van der Waals surface area contributed by atoms with Crippen molar-refractivity contribution >= 4 is 5.91 Å². The van der Waals surface area contributed by atoms with E-state index in [0.29, 0.717) is 13.1 Å². The molecule has 0 saturated heterocycles. The second kappa shape index (κ2) is 7.60. The Labute approximate surface area is 115 Å². The van der Waals surface area contributed by atoms with E-state index in [1.54, 1.807) is 4.90 Å². The van der Waals surface area contributed by atoms with Gasteiger partial charge >= 0.3 is 0 Å². The maximum absolute atomic E-state index is 12.0. The number of hydrogen-bond donors (Lipinski definition) is 1. The van der Waals surface area contributed by atoms with Gasteiger partial charge in [0.05, 0.1) is 6.54 Å². The Morgan fingerprint density at radius 3 is 2.53 bits per heavy atom. The largest absolute Gasteiger partial charge is 0.341 e. The molecule has 1 aromatic rings. The summed E-state index contributed by atoms with van der Waals surface area (Å²) in [5.41, 5.74) is 7.39. The number of nitrogens with two attached hydrogens (primary N) is 1. The highest BCUT2D eigenvalue weighted by Gasteiger charge is 2.15. The van der Waals surface area contributed by atoms with Crippen LogP contribution in [0.2, 0.25) is 0 Å². The molecule has 1 aromatic carbocycles. The fourth-order valence-corrected chi connectivity index (χ4v) is 1.75. The molecule has 0 saturated carbocycles. The molecule has 0 radical (unpaired) electrons. The third-order valence-electron chi connectivity index (χ3n) is 3.12. The van der Waals surface area contributed by atoms with Crippen LogP contribution in [0, 0.1) is 17.8 Å². The summed E-state index contributed by atoms with van der Waals surface area (Å²) in [6.45, 7) is 4.99. The Hall–Kier alpha value is -1.79. The first-order valence-electron chi connectivity index (χ1n) is 6.61. The van der Waals surface area contributed by atoms with Crippen molar-refractivity contribution in [2.45, 2.75) is 26.8 Å². The van der Waals surface area contributed by atoms with E-state index in [2.05, 4.69) is 11.8 Å². The predicted molar refractivity (Wildman–Crippen MR) is 78.3 cm³/mol. The minimum absolute atomic E-state index is 0.0831. The molecule has 1 rings (SSSR count). The Bertz CT molecular complexity index is 468. The lowest BCUT2D eigenvalue weighted by Gasteiger charge is -2.20. The number of benzene rings is 1. The van der Waals surface area contributed by atoms with Gasteiger partial charge in [-0.15, -0.1) is 0 Å². The molecule has 3 heteroatoms. The maximum atomic E-state index is 12.0. The minimum Gasteiger partial charge on any atom is -0.341 e. The third-order valence-corrected chi connectivity index (χ3v) is 3.12. The van der Waals surface area contributed by atoms with Crippen molar-refractivity contribution in [1.82, 2.24) is 4.90 Å². The lowest BCUT2D eigenvalue weighted by molar-refractivity contribution is -0.134. The van der Waals surface area contributed by atoms with Crippen LogP contribution in [0.3, 0.4) is 0 Å². The molecule has 0 fully saturated rings. The molecule has 102 valence electrons. The topological polar surface area (TPSA) is 46.3 Å². The number of nitrogens with zero attached hydrogens (tertiary/aromatic N) is 1. The van der Waals surface area contributed by atoms with Crippen LogP contribution in [-0.4, -0.2) is 24.4 Å². The first-order chi connectivity index (χ1) is 9.08. The van der Waals surface area contributed by atoms with Gasteiger partial charge in [-0.1, -0.05) is 37.8 Å². The highest BCUT2D eigenvalue weighted by atomic mass is 16.2. The monoisotopic (exact) mass is 258 g/mol. The summed E-state index contributed by atoms with van der Waals surface area (Å²) >= 11 is 0. The van der Waals surface area contributed by atoms with Crippen LogP contribution < -0.4 is 5.73 Å². The average Bonchev–Trinajstić information content (AvgIpc) is 2.44. The van der Waals surface area contributed by atoms with E-state index in [-0.39, 0.29) is 11.8 Å². The zero-order valence-electron chi connectivity index (χ0n) is 11.9. The van der Waals surface area contributed by atoms with Crippen LogP contribution in [0.5, 0.6) is 0 Å². The van der Waals surface area contributed by atoms with Crippen LogP contribution in [0.25, 0.3) is 0 Å². The highest BCUT2D eigenvalue weighted by Crippen LogP contribution is 2.10. The van der Waals surface area contributed by atoms with Gasteiger partial charge in [0.15, 0.2) is 0 Å². The van der Waals surface area contributed by atoms with Gasteiger partial charge in [0.1, 0.15) is 0 Å². The van der Waals surface area contributed by atoms with E-state index in [1.165, 1.54) is 0 Å². The zero-order valence-corrected chi connectivity index (χ0v) is 11.9. The van der Waals surface area contributed by atoms with Gasteiger partial charge in [-0.3, -0.25) is 4.79 Å². The number of rotatable bonds is 4. The molecule has 0 aliphatic rings. The number of amides is 1. The molecule has 0 aromatic heterocycles. The van der Waals surface area contributed by atoms with E-state index in [1.807, 2.05) is 45.2 Å². The molecule has 0 aliphatic carbocycles. The van der Waals surface area contributed by atoms with E-state index >= 15 is 0 Å². The summed E-state index contributed by atoms with van der Waals surface area (Å²) in [6.07, 6.45) is 0.872. The lowest BCUT2D eigenvalue weighted by atomic mass is 10.1. The van der Waals surface area contributed by atoms with Gasteiger partial charge in [0.2, 0.25) is 5.91 Å². The fraction of sp³-hybridized carbons (Fsp3) is 0.438. The van der Waals surface area contributed by atoms with Gasteiger partial charge in [-0.05, 0) is 24.1 Å². The van der Waals surface area contributed by atoms with Gasteiger partial charge in [0.25, 0.3) is 0 Å².